The van der Waals surface area contributed by atoms with Crippen LogP contribution in [0.4, 0.5) is 16.3 Å². The van der Waals surface area contributed by atoms with Crippen LogP contribution in [0.25, 0.3) is 10.9 Å². The second-order valence-electron chi connectivity index (χ2n) is 6.89. The van der Waals surface area contributed by atoms with Crippen LogP contribution in [0.1, 0.15) is 31.3 Å². The van der Waals surface area contributed by atoms with E-state index in [1.54, 1.807) is 45.4 Å². The van der Waals surface area contributed by atoms with E-state index in [-0.39, 0.29) is 11.5 Å². The number of para-hydroxylation sites is 1. The third-order valence-electron chi connectivity index (χ3n) is 3.64. The highest BCUT2D eigenvalue weighted by Crippen LogP contribution is 2.29. The molecule has 0 aliphatic rings. The van der Waals surface area contributed by atoms with Crippen molar-refractivity contribution in [1.29, 1.82) is 0 Å². The van der Waals surface area contributed by atoms with Crippen molar-refractivity contribution in [3.8, 4) is 0 Å². The van der Waals surface area contributed by atoms with E-state index in [0.29, 0.717) is 16.4 Å². The molecular weight excluding hydrogens is 380 g/mol. The van der Waals surface area contributed by atoms with Crippen molar-refractivity contribution in [1.82, 2.24) is 19.7 Å². The Morgan fingerprint density at radius 2 is 1.96 bits per heavy atom. The van der Waals surface area contributed by atoms with Gasteiger partial charge in [-0.25, -0.2) is 9.78 Å². The largest absolute Gasteiger partial charge is 0.443 e. The van der Waals surface area contributed by atoms with Crippen LogP contribution in [-0.4, -0.2) is 43.6 Å². The van der Waals surface area contributed by atoms with Gasteiger partial charge in [-0.1, -0.05) is 23.9 Å². The molecule has 0 aliphatic heterocycles. The summed E-state index contributed by atoms with van der Waals surface area (Å²) in [5.41, 5.74) is 5.78. The Balaban J connectivity index is 2.09. The van der Waals surface area contributed by atoms with E-state index in [4.69, 9.17) is 10.5 Å². The lowest BCUT2D eigenvalue weighted by Gasteiger charge is -2.20. The number of aromatic nitrogens is 4. The number of thioether (sulfide) groups is 1. The van der Waals surface area contributed by atoms with Gasteiger partial charge in [0.2, 0.25) is 5.16 Å². The van der Waals surface area contributed by atoms with Crippen molar-refractivity contribution in [2.24, 2.45) is 5.73 Å². The molecule has 9 nitrogen and oxygen atoms in total. The number of amides is 1. The summed E-state index contributed by atoms with van der Waals surface area (Å²) in [5.74, 6) is -0.596. The molecular formula is C18H20N6O3S. The smallest absolute Gasteiger partial charge is 0.419 e. The van der Waals surface area contributed by atoms with Gasteiger partial charge in [-0.2, -0.15) is 0 Å². The molecule has 10 heteroatoms. The van der Waals surface area contributed by atoms with Crippen molar-refractivity contribution >= 4 is 46.2 Å². The quantitative estimate of drug-likeness (QED) is 0.640. The predicted octanol–water partition coefficient (Wildman–Crippen LogP) is 3.17. The molecule has 0 unspecified atom stereocenters. The Morgan fingerprint density at radius 1 is 1.21 bits per heavy atom. The number of carbonyl (C=O) groups excluding carboxylic acids is 2. The van der Waals surface area contributed by atoms with Crippen LogP contribution in [0.15, 0.2) is 35.6 Å². The molecule has 146 valence electrons. The lowest BCUT2D eigenvalue weighted by Crippen LogP contribution is -2.26. The Kier molecular flexibility index (Phi) is 5.23. The van der Waals surface area contributed by atoms with Crippen LogP contribution < -0.4 is 11.1 Å². The second kappa shape index (κ2) is 7.47. The van der Waals surface area contributed by atoms with Crippen molar-refractivity contribution in [2.75, 3.05) is 11.6 Å². The van der Waals surface area contributed by atoms with Gasteiger partial charge in [-0.15, -0.1) is 10.2 Å². The highest BCUT2D eigenvalue weighted by Gasteiger charge is 2.21. The zero-order chi connectivity index (χ0) is 20.5. The molecule has 3 N–H and O–H groups in total. The van der Waals surface area contributed by atoms with E-state index in [1.807, 2.05) is 12.1 Å². The fourth-order valence-corrected chi connectivity index (χ4v) is 2.84. The van der Waals surface area contributed by atoms with Gasteiger partial charge in [0.1, 0.15) is 5.60 Å². The first-order valence-corrected chi connectivity index (χ1v) is 9.61. The monoisotopic (exact) mass is 400 g/mol. The van der Waals surface area contributed by atoms with Crippen LogP contribution in [0, 0.1) is 0 Å². The number of fused-ring (bicyclic) bond motifs is 1. The fraction of sp³-hybridized carbons (Fsp3) is 0.278. The summed E-state index contributed by atoms with van der Waals surface area (Å²) in [6.45, 7) is 5.39. The molecule has 0 saturated heterocycles. The molecule has 0 radical (unpaired) electrons. The van der Waals surface area contributed by atoms with Gasteiger partial charge in [-0.05, 0) is 39.2 Å². The lowest BCUT2D eigenvalue weighted by atomic mass is 10.2. The molecule has 0 fully saturated rings. The number of primary amides is 1. The van der Waals surface area contributed by atoms with Crippen molar-refractivity contribution in [2.45, 2.75) is 31.5 Å². The Labute approximate surface area is 165 Å². The van der Waals surface area contributed by atoms with E-state index in [0.717, 1.165) is 5.39 Å². The van der Waals surface area contributed by atoms with Gasteiger partial charge in [0, 0.05) is 11.6 Å². The number of carbonyl (C=O) groups is 2. The number of ether oxygens (including phenoxy) is 1. The first-order chi connectivity index (χ1) is 13.2. The van der Waals surface area contributed by atoms with Crippen LogP contribution in [0.3, 0.4) is 0 Å². The molecule has 0 aliphatic carbocycles. The number of hydrogen-bond acceptors (Lipinski definition) is 8. The topological polar surface area (TPSA) is 125 Å². The maximum absolute atomic E-state index is 12.6. The normalized spacial score (nSPS) is 11.4. The molecule has 28 heavy (non-hydrogen) atoms. The minimum absolute atomic E-state index is 0.0924. The molecule has 3 aromatic rings. The van der Waals surface area contributed by atoms with Gasteiger partial charge < -0.3 is 15.8 Å². The first-order valence-electron chi connectivity index (χ1n) is 8.38. The molecule has 0 bridgehead atoms. The highest BCUT2D eigenvalue weighted by molar-refractivity contribution is 7.98. The van der Waals surface area contributed by atoms with Gasteiger partial charge in [0.25, 0.3) is 5.91 Å². The number of nitrogens with one attached hydrogen (secondary N) is 1. The molecule has 2 heterocycles. The minimum atomic E-state index is -0.759. The summed E-state index contributed by atoms with van der Waals surface area (Å²) >= 11 is 1.28. The van der Waals surface area contributed by atoms with E-state index in [9.17, 15) is 9.59 Å². The number of rotatable bonds is 4. The SMILES string of the molecule is CSc1nnc(C(N)=O)c(Nc2cccc3ccn(C(=O)OC(C)(C)C)c23)n1. The zero-order valence-corrected chi connectivity index (χ0v) is 16.7. The maximum Gasteiger partial charge on any atom is 0.419 e. The molecule has 1 amide bonds. The van der Waals surface area contributed by atoms with Crippen molar-refractivity contribution < 1.29 is 14.3 Å². The minimum Gasteiger partial charge on any atom is -0.443 e. The summed E-state index contributed by atoms with van der Waals surface area (Å²) in [6, 6.07) is 7.24. The number of anilines is 2. The number of benzene rings is 1. The van der Waals surface area contributed by atoms with E-state index in [2.05, 4.69) is 20.5 Å². The maximum atomic E-state index is 12.6. The van der Waals surface area contributed by atoms with Gasteiger partial charge in [0.05, 0.1) is 11.2 Å². The summed E-state index contributed by atoms with van der Waals surface area (Å²) < 4.78 is 6.87. The Morgan fingerprint density at radius 3 is 2.61 bits per heavy atom. The third kappa shape index (κ3) is 4.06. The van der Waals surface area contributed by atoms with Crippen molar-refractivity contribution in [3.63, 3.8) is 0 Å². The van der Waals surface area contributed by atoms with E-state index in [1.165, 1.54) is 16.3 Å². The number of nitrogens with zero attached hydrogens (tertiary/aromatic N) is 4. The molecule has 0 atom stereocenters. The van der Waals surface area contributed by atoms with E-state index >= 15 is 0 Å². The van der Waals surface area contributed by atoms with Gasteiger partial charge in [-0.3, -0.25) is 9.36 Å². The molecule has 1 aromatic carbocycles. The van der Waals surface area contributed by atoms with Crippen LogP contribution in [-0.2, 0) is 4.74 Å². The number of hydrogen-bond donors (Lipinski definition) is 2. The average Bonchev–Trinajstić information content (AvgIpc) is 3.05. The fourth-order valence-electron chi connectivity index (χ4n) is 2.54. The standard InChI is InChI=1S/C18H20N6O3S/c1-18(2,3)27-17(26)24-9-8-10-6-5-7-11(13(10)24)20-15-12(14(19)25)22-23-16(21-15)28-4/h5-9H,1-4H3,(H2,19,25)(H,20,21,23). The van der Waals surface area contributed by atoms with Crippen LogP contribution in [0.5, 0.6) is 0 Å². The Bertz CT molecular complexity index is 1060. The summed E-state index contributed by atoms with van der Waals surface area (Å²) in [7, 11) is 0. The van der Waals surface area contributed by atoms with E-state index < -0.39 is 17.6 Å². The summed E-state index contributed by atoms with van der Waals surface area (Å²) in [6.07, 6.45) is 2.90. The molecule has 3 rings (SSSR count). The lowest BCUT2D eigenvalue weighted by molar-refractivity contribution is 0.0544. The predicted molar refractivity (Wildman–Crippen MR) is 107 cm³/mol. The van der Waals surface area contributed by atoms with Crippen LogP contribution in [0.2, 0.25) is 0 Å². The van der Waals surface area contributed by atoms with Crippen molar-refractivity contribution in [3.05, 3.63) is 36.2 Å². The Hall–Kier alpha value is -3.14. The van der Waals surface area contributed by atoms with Gasteiger partial charge >= 0.3 is 6.09 Å². The van der Waals surface area contributed by atoms with Crippen LogP contribution >= 0.6 is 11.8 Å². The molecule has 0 spiro atoms. The zero-order valence-electron chi connectivity index (χ0n) is 15.9. The second-order valence-corrected chi connectivity index (χ2v) is 7.67. The first kappa shape index (κ1) is 19.6. The molecule has 2 aromatic heterocycles. The summed E-state index contributed by atoms with van der Waals surface area (Å²) in [4.78, 5) is 28.6. The molecule has 0 saturated carbocycles. The highest BCUT2D eigenvalue weighted by atomic mass is 32.2. The number of nitrogens with two attached hydrogens (primary N) is 1. The third-order valence-corrected chi connectivity index (χ3v) is 4.18. The average molecular weight is 400 g/mol. The summed E-state index contributed by atoms with van der Waals surface area (Å²) in [5, 5.41) is 11.9. The van der Waals surface area contributed by atoms with Gasteiger partial charge in [0.15, 0.2) is 11.5 Å².